The minimum atomic E-state index is 0.521. The van der Waals surface area contributed by atoms with Gasteiger partial charge in [-0.3, -0.25) is 0 Å². The molecule has 0 spiro atoms. The summed E-state index contributed by atoms with van der Waals surface area (Å²) in [5.74, 6) is 0.521. The number of fused-ring (bicyclic) bond motifs is 1. The average molecular weight is 243 g/mol. The van der Waals surface area contributed by atoms with E-state index in [1.54, 1.807) is 0 Å². The minimum absolute atomic E-state index is 0.521. The fourth-order valence-electron chi connectivity index (χ4n) is 1.95. The lowest BCUT2D eigenvalue weighted by molar-refractivity contribution is 0.909. The van der Waals surface area contributed by atoms with Crippen molar-refractivity contribution in [3.63, 3.8) is 0 Å². The maximum atomic E-state index is 5.85. The van der Waals surface area contributed by atoms with Gasteiger partial charge in [-0.1, -0.05) is 30.3 Å². The zero-order valence-electron chi connectivity index (χ0n) is 9.18. The maximum absolute atomic E-state index is 5.85. The van der Waals surface area contributed by atoms with Crippen LogP contribution in [0.3, 0.4) is 0 Å². The third-order valence-corrected chi connectivity index (χ3v) is 3.10. The molecule has 0 N–H and O–H groups in total. The molecule has 3 heteroatoms. The van der Waals surface area contributed by atoms with Crippen molar-refractivity contribution in [3.05, 3.63) is 60.3 Å². The predicted octanol–water partition coefficient (Wildman–Crippen LogP) is 3.76. The number of hydrogen-bond acceptors (Lipinski definition) is 1. The van der Waals surface area contributed by atoms with Crippen LogP contribution in [-0.2, 0) is 5.88 Å². The van der Waals surface area contributed by atoms with Gasteiger partial charge in [0.1, 0.15) is 0 Å². The number of halogens is 1. The Morgan fingerprint density at radius 3 is 2.82 bits per heavy atom. The molecule has 0 aliphatic heterocycles. The second-order valence-corrected chi connectivity index (χ2v) is 4.19. The molecular weight excluding hydrogens is 232 g/mol. The van der Waals surface area contributed by atoms with Crippen LogP contribution in [0.1, 0.15) is 5.56 Å². The second kappa shape index (κ2) is 4.22. The molecule has 1 heterocycles. The normalized spacial score (nSPS) is 10.9. The number of hydrogen-bond donors (Lipinski definition) is 0. The van der Waals surface area contributed by atoms with Crippen LogP contribution in [0, 0.1) is 0 Å². The van der Waals surface area contributed by atoms with E-state index in [2.05, 4.69) is 23.3 Å². The lowest BCUT2D eigenvalue weighted by atomic mass is 10.2. The topological polar surface area (TPSA) is 17.8 Å². The summed E-state index contributed by atoms with van der Waals surface area (Å²) in [6, 6.07) is 16.3. The molecule has 3 aromatic rings. The zero-order valence-corrected chi connectivity index (χ0v) is 9.93. The second-order valence-electron chi connectivity index (χ2n) is 3.92. The van der Waals surface area contributed by atoms with Crippen LogP contribution in [-0.4, -0.2) is 9.78 Å². The Balaban J connectivity index is 2.20. The molecule has 17 heavy (non-hydrogen) atoms. The molecule has 84 valence electrons. The summed E-state index contributed by atoms with van der Waals surface area (Å²) in [6.45, 7) is 0. The highest BCUT2D eigenvalue weighted by atomic mass is 35.5. The van der Waals surface area contributed by atoms with Crippen molar-refractivity contribution >= 4 is 22.5 Å². The van der Waals surface area contributed by atoms with E-state index >= 15 is 0 Å². The summed E-state index contributed by atoms with van der Waals surface area (Å²) in [5.41, 5.74) is 3.26. The molecule has 1 aromatic heterocycles. The first kappa shape index (κ1) is 10.4. The first-order valence-corrected chi connectivity index (χ1v) is 6.00. The largest absolute Gasteiger partial charge is 0.233 e. The van der Waals surface area contributed by atoms with Gasteiger partial charge in [0, 0.05) is 11.3 Å². The molecule has 0 saturated carbocycles. The fraction of sp³-hybridized carbons (Fsp3) is 0.0714. The smallest absolute Gasteiger partial charge is 0.0741 e. The Labute approximate surface area is 104 Å². The Kier molecular flexibility index (Phi) is 2.57. The van der Waals surface area contributed by atoms with Crippen LogP contribution in [0.15, 0.2) is 54.7 Å². The molecule has 0 bridgehead atoms. The number of aromatic nitrogens is 2. The minimum Gasteiger partial charge on any atom is -0.233 e. The standard InChI is InChI=1S/C14H11ClN2/c15-9-11-4-3-6-13(8-11)17-14-7-2-1-5-12(14)10-16-17/h1-8,10H,9H2. The summed E-state index contributed by atoms with van der Waals surface area (Å²) < 4.78 is 1.94. The summed E-state index contributed by atoms with van der Waals surface area (Å²) in [5, 5.41) is 5.56. The summed E-state index contributed by atoms with van der Waals surface area (Å²) in [7, 11) is 0. The number of rotatable bonds is 2. The van der Waals surface area contributed by atoms with Gasteiger partial charge in [-0.25, -0.2) is 4.68 Å². The molecule has 0 amide bonds. The molecule has 2 aromatic carbocycles. The third kappa shape index (κ3) is 1.81. The van der Waals surface area contributed by atoms with Gasteiger partial charge >= 0.3 is 0 Å². The molecular formula is C14H11ClN2. The quantitative estimate of drug-likeness (QED) is 0.626. The number of para-hydroxylation sites is 1. The predicted molar refractivity (Wildman–Crippen MR) is 70.6 cm³/mol. The van der Waals surface area contributed by atoms with Crippen LogP contribution < -0.4 is 0 Å². The van der Waals surface area contributed by atoms with Crippen molar-refractivity contribution in [3.8, 4) is 5.69 Å². The molecule has 0 unspecified atom stereocenters. The summed E-state index contributed by atoms with van der Waals surface area (Å²) in [6.07, 6.45) is 1.88. The Hall–Kier alpha value is -1.80. The van der Waals surface area contributed by atoms with E-state index in [0.29, 0.717) is 5.88 Å². The van der Waals surface area contributed by atoms with E-state index in [4.69, 9.17) is 11.6 Å². The molecule has 0 atom stereocenters. The fourth-order valence-corrected chi connectivity index (χ4v) is 2.12. The van der Waals surface area contributed by atoms with Crippen LogP contribution in [0.4, 0.5) is 0 Å². The highest BCUT2D eigenvalue weighted by Crippen LogP contribution is 2.19. The van der Waals surface area contributed by atoms with Crippen molar-refractivity contribution in [2.45, 2.75) is 5.88 Å². The van der Waals surface area contributed by atoms with Gasteiger partial charge in [0.05, 0.1) is 17.4 Å². The highest BCUT2D eigenvalue weighted by molar-refractivity contribution is 6.17. The molecule has 0 fully saturated rings. The van der Waals surface area contributed by atoms with Gasteiger partial charge in [0.25, 0.3) is 0 Å². The SMILES string of the molecule is ClCc1cccc(-n2ncc3ccccc32)c1. The number of alkyl halides is 1. The van der Waals surface area contributed by atoms with Gasteiger partial charge in [-0.05, 0) is 23.8 Å². The van der Waals surface area contributed by atoms with Gasteiger partial charge in [-0.15, -0.1) is 11.6 Å². The lowest BCUT2D eigenvalue weighted by Gasteiger charge is -2.04. The van der Waals surface area contributed by atoms with Gasteiger partial charge in [-0.2, -0.15) is 5.10 Å². The Morgan fingerprint density at radius 1 is 1.06 bits per heavy atom. The number of benzene rings is 2. The van der Waals surface area contributed by atoms with E-state index in [9.17, 15) is 0 Å². The molecule has 3 rings (SSSR count). The Bertz CT molecular complexity index is 658. The van der Waals surface area contributed by atoms with Crippen molar-refractivity contribution in [1.82, 2.24) is 9.78 Å². The van der Waals surface area contributed by atoms with E-state index < -0.39 is 0 Å². The van der Waals surface area contributed by atoms with Crippen LogP contribution >= 0.6 is 11.6 Å². The highest BCUT2D eigenvalue weighted by Gasteiger charge is 2.04. The first-order chi connectivity index (χ1) is 8.38. The van der Waals surface area contributed by atoms with Crippen LogP contribution in [0.5, 0.6) is 0 Å². The zero-order chi connectivity index (χ0) is 11.7. The molecule has 0 aliphatic rings. The third-order valence-electron chi connectivity index (χ3n) is 2.79. The first-order valence-electron chi connectivity index (χ1n) is 5.46. The lowest BCUT2D eigenvalue weighted by Crippen LogP contribution is -1.96. The van der Waals surface area contributed by atoms with E-state index in [1.165, 1.54) is 0 Å². The summed E-state index contributed by atoms with van der Waals surface area (Å²) in [4.78, 5) is 0. The number of nitrogens with zero attached hydrogens (tertiary/aromatic N) is 2. The Morgan fingerprint density at radius 2 is 1.94 bits per heavy atom. The molecule has 0 aliphatic carbocycles. The van der Waals surface area contributed by atoms with E-state index in [-0.39, 0.29) is 0 Å². The van der Waals surface area contributed by atoms with Crippen molar-refractivity contribution in [2.24, 2.45) is 0 Å². The van der Waals surface area contributed by atoms with Crippen LogP contribution in [0.25, 0.3) is 16.6 Å². The summed E-state index contributed by atoms with van der Waals surface area (Å²) >= 11 is 5.85. The van der Waals surface area contributed by atoms with Gasteiger partial charge < -0.3 is 0 Å². The molecule has 0 radical (unpaired) electrons. The molecule has 0 saturated heterocycles. The van der Waals surface area contributed by atoms with Crippen molar-refractivity contribution in [1.29, 1.82) is 0 Å². The monoisotopic (exact) mass is 242 g/mol. The molecule has 2 nitrogen and oxygen atoms in total. The maximum Gasteiger partial charge on any atom is 0.0741 e. The van der Waals surface area contributed by atoms with E-state index in [0.717, 1.165) is 22.2 Å². The van der Waals surface area contributed by atoms with E-state index in [1.807, 2.05) is 41.2 Å². The van der Waals surface area contributed by atoms with Gasteiger partial charge in [0.2, 0.25) is 0 Å². The van der Waals surface area contributed by atoms with Crippen molar-refractivity contribution in [2.75, 3.05) is 0 Å². The van der Waals surface area contributed by atoms with Crippen molar-refractivity contribution < 1.29 is 0 Å². The van der Waals surface area contributed by atoms with Gasteiger partial charge in [0.15, 0.2) is 0 Å². The average Bonchev–Trinajstić information content (AvgIpc) is 2.82. The van der Waals surface area contributed by atoms with Crippen LogP contribution in [0.2, 0.25) is 0 Å².